The second kappa shape index (κ2) is 9.79. The van der Waals surface area contributed by atoms with E-state index in [1.807, 2.05) is 30.3 Å². The second-order valence-corrected chi connectivity index (χ2v) is 6.40. The number of hydrogen-bond donors (Lipinski definition) is 5. The molecule has 2 aromatic rings. The molecule has 6 N–H and O–H groups in total. The molecule has 6 nitrogen and oxygen atoms in total. The predicted octanol–water partition coefficient (Wildman–Crippen LogP) is 2.39. The third kappa shape index (κ3) is 6.06. The van der Waals surface area contributed by atoms with Crippen molar-refractivity contribution in [1.82, 2.24) is 5.32 Å². The second-order valence-electron chi connectivity index (χ2n) is 6.40. The van der Waals surface area contributed by atoms with Gasteiger partial charge in [0.15, 0.2) is 0 Å². The molecular formula is C20H27N3O3. The molecule has 0 aliphatic rings. The van der Waals surface area contributed by atoms with Crippen LogP contribution in [0.4, 0.5) is 5.69 Å². The summed E-state index contributed by atoms with van der Waals surface area (Å²) in [5.74, 6) is -0.899. The van der Waals surface area contributed by atoms with Crippen LogP contribution in [-0.4, -0.2) is 35.3 Å². The third-order valence-electron chi connectivity index (χ3n) is 4.25. The van der Waals surface area contributed by atoms with Gasteiger partial charge in [-0.15, -0.1) is 0 Å². The standard InChI is InChI=1S/C20H27N3O3/c1-14(6-5-11-22-16-7-3-2-4-8-16)23-13-19(25)15-9-10-18(24)17(12-15)20(21)26/h2-4,7-10,12,14,19,22-25H,5-6,11,13H2,1H3,(H2,21,26). The summed E-state index contributed by atoms with van der Waals surface area (Å²) in [7, 11) is 0. The highest BCUT2D eigenvalue weighted by Gasteiger charge is 2.14. The number of primary amides is 1. The maximum absolute atomic E-state index is 11.3. The maximum Gasteiger partial charge on any atom is 0.252 e. The summed E-state index contributed by atoms with van der Waals surface area (Å²) in [6.07, 6.45) is 1.19. The normalized spacial score (nSPS) is 13.2. The summed E-state index contributed by atoms with van der Waals surface area (Å²) in [5, 5.41) is 26.5. The van der Waals surface area contributed by atoms with E-state index in [-0.39, 0.29) is 17.4 Å². The molecule has 2 unspecified atom stereocenters. The van der Waals surface area contributed by atoms with Gasteiger partial charge >= 0.3 is 0 Å². The van der Waals surface area contributed by atoms with Gasteiger partial charge in [-0.05, 0) is 49.6 Å². The average Bonchev–Trinajstić information content (AvgIpc) is 2.64. The van der Waals surface area contributed by atoms with Crippen LogP contribution in [0.25, 0.3) is 0 Å². The van der Waals surface area contributed by atoms with Gasteiger partial charge in [-0.2, -0.15) is 0 Å². The Morgan fingerprint density at radius 2 is 1.92 bits per heavy atom. The van der Waals surface area contributed by atoms with E-state index >= 15 is 0 Å². The number of anilines is 1. The summed E-state index contributed by atoms with van der Waals surface area (Å²) in [4.78, 5) is 11.3. The maximum atomic E-state index is 11.3. The Kier molecular flexibility index (Phi) is 7.44. The van der Waals surface area contributed by atoms with Crippen LogP contribution in [-0.2, 0) is 0 Å². The number of carbonyl (C=O) groups excluding carboxylic acids is 1. The van der Waals surface area contributed by atoms with Crippen LogP contribution in [0.2, 0.25) is 0 Å². The molecule has 0 aliphatic heterocycles. The van der Waals surface area contributed by atoms with Crippen LogP contribution in [0.5, 0.6) is 5.75 Å². The fraction of sp³-hybridized carbons (Fsp3) is 0.350. The molecule has 0 fully saturated rings. The van der Waals surface area contributed by atoms with E-state index < -0.39 is 12.0 Å². The zero-order chi connectivity index (χ0) is 18.9. The molecule has 2 aromatic carbocycles. The number of aliphatic hydroxyl groups is 1. The number of phenols is 1. The number of hydrogen-bond acceptors (Lipinski definition) is 5. The van der Waals surface area contributed by atoms with E-state index in [2.05, 4.69) is 17.6 Å². The van der Waals surface area contributed by atoms with Gasteiger partial charge in [0, 0.05) is 24.8 Å². The van der Waals surface area contributed by atoms with E-state index in [9.17, 15) is 15.0 Å². The van der Waals surface area contributed by atoms with Crippen molar-refractivity contribution in [1.29, 1.82) is 0 Å². The van der Waals surface area contributed by atoms with E-state index in [1.54, 1.807) is 6.07 Å². The van der Waals surface area contributed by atoms with Crippen LogP contribution in [0.3, 0.4) is 0 Å². The molecule has 0 saturated carbocycles. The number of amides is 1. The highest BCUT2D eigenvalue weighted by Crippen LogP contribution is 2.22. The molecule has 2 atom stereocenters. The Morgan fingerprint density at radius 3 is 2.62 bits per heavy atom. The zero-order valence-electron chi connectivity index (χ0n) is 15.0. The van der Waals surface area contributed by atoms with E-state index in [1.165, 1.54) is 12.1 Å². The summed E-state index contributed by atoms with van der Waals surface area (Å²) < 4.78 is 0. The average molecular weight is 357 g/mol. The number of aliphatic hydroxyl groups excluding tert-OH is 1. The molecule has 0 radical (unpaired) electrons. The Bertz CT molecular complexity index is 707. The fourth-order valence-electron chi connectivity index (χ4n) is 2.69. The Balaban J connectivity index is 1.72. The lowest BCUT2D eigenvalue weighted by molar-refractivity contribution is 0.0997. The van der Waals surface area contributed by atoms with Crippen LogP contribution in [0, 0.1) is 0 Å². The van der Waals surface area contributed by atoms with Gasteiger partial charge in [0.05, 0.1) is 11.7 Å². The summed E-state index contributed by atoms with van der Waals surface area (Å²) in [5.41, 5.74) is 6.88. The Morgan fingerprint density at radius 1 is 1.19 bits per heavy atom. The molecule has 0 heterocycles. The van der Waals surface area contributed by atoms with Gasteiger partial charge in [-0.25, -0.2) is 0 Å². The van der Waals surface area contributed by atoms with Gasteiger partial charge in [0.1, 0.15) is 5.75 Å². The molecule has 1 amide bonds. The first-order valence-electron chi connectivity index (χ1n) is 8.80. The van der Waals surface area contributed by atoms with Crippen molar-refractivity contribution in [2.24, 2.45) is 5.73 Å². The number of carbonyl (C=O) groups is 1. The van der Waals surface area contributed by atoms with Gasteiger partial charge in [-0.3, -0.25) is 4.79 Å². The zero-order valence-corrected chi connectivity index (χ0v) is 15.0. The number of aromatic hydroxyl groups is 1. The minimum Gasteiger partial charge on any atom is -0.507 e. The van der Waals surface area contributed by atoms with E-state index in [4.69, 9.17) is 5.73 Å². The Labute approximate surface area is 154 Å². The van der Waals surface area contributed by atoms with Crippen molar-refractivity contribution in [2.45, 2.75) is 31.9 Å². The minimum absolute atomic E-state index is 0.0154. The van der Waals surface area contributed by atoms with Crippen LogP contribution in [0.1, 0.15) is 41.8 Å². The van der Waals surface area contributed by atoms with Crippen molar-refractivity contribution in [2.75, 3.05) is 18.4 Å². The molecule has 2 rings (SSSR count). The molecule has 0 spiro atoms. The van der Waals surface area contributed by atoms with Crippen LogP contribution in [0.15, 0.2) is 48.5 Å². The third-order valence-corrected chi connectivity index (χ3v) is 4.25. The van der Waals surface area contributed by atoms with Crippen LogP contribution >= 0.6 is 0 Å². The molecule has 140 valence electrons. The van der Waals surface area contributed by atoms with Crippen molar-refractivity contribution in [3.05, 3.63) is 59.7 Å². The highest BCUT2D eigenvalue weighted by molar-refractivity contribution is 5.95. The van der Waals surface area contributed by atoms with Crippen molar-refractivity contribution in [3.63, 3.8) is 0 Å². The first-order chi connectivity index (χ1) is 12.5. The Hall–Kier alpha value is -2.57. The number of nitrogens with one attached hydrogen (secondary N) is 2. The number of nitrogens with two attached hydrogens (primary N) is 1. The summed E-state index contributed by atoms with van der Waals surface area (Å²) in [6.45, 7) is 3.32. The van der Waals surface area contributed by atoms with Crippen molar-refractivity contribution < 1.29 is 15.0 Å². The van der Waals surface area contributed by atoms with Crippen molar-refractivity contribution in [3.8, 4) is 5.75 Å². The van der Waals surface area contributed by atoms with Gasteiger partial charge in [-0.1, -0.05) is 24.3 Å². The summed E-state index contributed by atoms with van der Waals surface area (Å²) >= 11 is 0. The number of para-hydroxylation sites is 1. The predicted molar refractivity (Wildman–Crippen MR) is 103 cm³/mol. The first kappa shape index (κ1) is 19.8. The minimum atomic E-state index is -0.779. The molecule has 0 aliphatic carbocycles. The van der Waals surface area contributed by atoms with Gasteiger partial charge in [0.2, 0.25) is 0 Å². The topological polar surface area (TPSA) is 108 Å². The van der Waals surface area contributed by atoms with Crippen molar-refractivity contribution >= 4 is 11.6 Å². The number of rotatable bonds is 10. The molecule has 6 heteroatoms. The first-order valence-corrected chi connectivity index (χ1v) is 8.80. The van der Waals surface area contributed by atoms with Gasteiger partial charge < -0.3 is 26.6 Å². The molecule has 0 bridgehead atoms. The van der Waals surface area contributed by atoms with E-state index in [0.29, 0.717) is 12.1 Å². The monoisotopic (exact) mass is 357 g/mol. The fourth-order valence-corrected chi connectivity index (χ4v) is 2.69. The molecule has 26 heavy (non-hydrogen) atoms. The lowest BCUT2D eigenvalue weighted by Crippen LogP contribution is -2.30. The number of benzene rings is 2. The SMILES string of the molecule is CC(CCCNc1ccccc1)NCC(O)c1ccc(O)c(C(N)=O)c1. The lowest BCUT2D eigenvalue weighted by Gasteiger charge is -2.18. The quantitative estimate of drug-likeness (QED) is 0.420. The summed E-state index contributed by atoms with van der Waals surface area (Å²) in [6, 6.07) is 14.7. The lowest BCUT2D eigenvalue weighted by atomic mass is 10.0. The van der Waals surface area contributed by atoms with Gasteiger partial charge in [0.25, 0.3) is 5.91 Å². The highest BCUT2D eigenvalue weighted by atomic mass is 16.3. The largest absolute Gasteiger partial charge is 0.507 e. The molecular weight excluding hydrogens is 330 g/mol. The van der Waals surface area contributed by atoms with E-state index in [0.717, 1.165) is 25.1 Å². The van der Waals surface area contributed by atoms with Crippen LogP contribution < -0.4 is 16.4 Å². The molecule has 0 saturated heterocycles. The smallest absolute Gasteiger partial charge is 0.252 e. The molecule has 0 aromatic heterocycles.